The maximum Gasteiger partial charge on any atom is 0.347 e. The molecule has 1 N–H and O–H groups in total. The maximum absolute atomic E-state index is 10.9. The van der Waals surface area contributed by atoms with Crippen LogP contribution in [0.3, 0.4) is 0 Å². The van der Waals surface area contributed by atoms with E-state index < -0.39 is 5.97 Å². The first-order chi connectivity index (χ1) is 9.74. The van der Waals surface area contributed by atoms with E-state index in [1.165, 1.54) is 23.2 Å². The molecule has 1 aromatic carbocycles. The number of hydrogen-bond acceptors (Lipinski definition) is 5. The van der Waals surface area contributed by atoms with Crippen molar-refractivity contribution in [3.05, 3.63) is 41.4 Å². The zero-order valence-corrected chi connectivity index (χ0v) is 11.7. The summed E-state index contributed by atoms with van der Waals surface area (Å²) >= 11 is 1.24. The van der Waals surface area contributed by atoms with Crippen LogP contribution in [0, 0.1) is 0 Å². The lowest BCUT2D eigenvalue weighted by Crippen LogP contribution is -2.46. The Kier molecular flexibility index (Phi) is 3.56. The van der Waals surface area contributed by atoms with Crippen LogP contribution in [0.25, 0.3) is 0 Å². The number of para-hydroxylation sites is 1. The summed E-state index contributed by atoms with van der Waals surface area (Å²) in [7, 11) is 0. The van der Waals surface area contributed by atoms with Crippen molar-refractivity contribution >= 4 is 28.1 Å². The molecule has 0 atom stereocenters. The van der Waals surface area contributed by atoms with Gasteiger partial charge in [-0.05, 0) is 12.1 Å². The van der Waals surface area contributed by atoms with Crippen LogP contribution in [0.1, 0.15) is 9.67 Å². The van der Waals surface area contributed by atoms with Gasteiger partial charge in [0.05, 0.1) is 6.20 Å². The number of piperazine rings is 1. The van der Waals surface area contributed by atoms with E-state index >= 15 is 0 Å². The number of thiazole rings is 1. The van der Waals surface area contributed by atoms with Crippen LogP contribution in [0.2, 0.25) is 0 Å². The molecule has 0 radical (unpaired) electrons. The molecule has 2 heterocycles. The first kappa shape index (κ1) is 12.9. The summed E-state index contributed by atoms with van der Waals surface area (Å²) < 4.78 is 0. The monoisotopic (exact) mass is 289 g/mol. The van der Waals surface area contributed by atoms with Gasteiger partial charge in [0, 0.05) is 31.9 Å². The third-order valence-corrected chi connectivity index (χ3v) is 4.42. The maximum atomic E-state index is 10.9. The van der Waals surface area contributed by atoms with E-state index in [1.807, 2.05) is 18.2 Å². The SMILES string of the molecule is O=C(O)c1cnc(N2CCN(c3ccccc3)CC2)s1. The Morgan fingerprint density at radius 3 is 2.35 bits per heavy atom. The summed E-state index contributed by atoms with van der Waals surface area (Å²) in [6, 6.07) is 10.3. The smallest absolute Gasteiger partial charge is 0.347 e. The number of aromatic nitrogens is 1. The fraction of sp³-hybridized carbons (Fsp3) is 0.286. The fourth-order valence-corrected chi connectivity index (χ4v) is 3.11. The molecule has 1 saturated heterocycles. The second-order valence-corrected chi connectivity index (χ2v) is 5.63. The van der Waals surface area contributed by atoms with Crippen molar-refractivity contribution in [3.8, 4) is 0 Å². The average molecular weight is 289 g/mol. The largest absolute Gasteiger partial charge is 0.477 e. The number of hydrogen-bond donors (Lipinski definition) is 1. The predicted molar refractivity (Wildman–Crippen MR) is 79.9 cm³/mol. The summed E-state index contributed by atoms with van der Waals surface area (Å²) in [5.41, 5.74) is 1.23. The lowest BCUT2D eigenvalue weighted by atomic mass is 10.2. The van der Waals surface area contributed by atoms with E-state index in [-0.39, 0.29) is 0 Å². The molecule has 104 valence electrons. The number of nitrogens with zero attached hydrogens (tertiary/aromatic N) is 3. The zero-order chi connectivity index (χ0) is 13.9. The second kappa shape index (κ2) is 5.50. The first-order valence-electron chi connectivity index (χ1n) is 6.48. The van der Waals surface area contributed by atoms with E-state index in [0.29, 0.717) is 4.88 Å². The van der Waals surface area contributed by atoms with E-state index in [1.54, 1.807) is 0 Å². The molecule has 3 rings (SSSR count). The quantitative estimate of drug-likeness (QED) is 0.938. The van der Waals surface area contributed by atoms with Crippen molar-refractivity contribution in [1.29, 1.82) is 0 Å². The van der Waals surface area contributed by atoms with Gasteiger partial charge in [0.1, 0.15) is 4.88 Å². The molecule has 20 heavy (non-hydrogen) atoms. The predicted octanol–water partition coefficient (Wildman–Crippen LogP) is 2.17. The first-order valence-corrected chi connectivity index (χ1v) is 7.30. The Morgan fingerprint density at radius 1 is 1.10 bits per heavy atom. The standard InChI is InChI=1S/C14H15N3O2S/c18-13(19)12-10-15-14(20-12)17-8-6-16(7-9-17)11-4-2-1-3-5-11/h1-5,10H,6-9H2,(H,18,19). The normalized spacial score (nSPS) is 15.4. The Balaban J connectivity index is 1.65. The van der Waals surface area contributed by atoms with Gasteiger partial charge < -0.3 is 14.9 Å². The van der Waals surface area contributed by atoms with Gasteiger partial charge in [-0.3, -0.25) is 0 Å². The Labute approximate surface area is 121 Å². The molecule has 0 saturated carbocycles. The van der Waals surface area contributed by atoms with Crippen LogP contribution < -0.4 is 9.80 Å². The highest BCUT2D eigenvalue weighted by molar-refractivity contribution is 7.17. The minimum absolute atomic E-state index is 0.297. The van der Waals surface area contributed by atoms with Gasteiger partial charge >= 0.3 is 5.97 Å². The van der Waals surface area contributed by atoms with Gasteiger partial charge in [-0.25, -0.2) is 9.78 Å². The minimum atomic E-state index is -0.906. The highest BCUT2D eigenvalue weighted by atomic mass is 32.1. The molecule has 1 aromatic heterocycles. The van der Waals surface area contributed by atoms with E-state index in [9.17, 15) is 4.79 Å². The summed E-state index contributed by atoms with van der Waals surface area (Å²) in [4.78, 5) is 19.9. The summed E-state index contributed by atoms with van der Waals surface area (Å²) in [5, 5.41) is 9.73. The molecule has 0 bridgehead atoms. The highest BCUT2D eigenvalue weighted by Gasteiger charge is 2.20. The lowest BCUT2D eigenvalue weighted by molar-refractivity contribution is 0.0702. The molecule has 1 fully saturated rings. The molecule has 6 heteroatoms. The average Bonchev–Trinajstić information content (AvgIpc) is 2.98. The number of anilines is 2. The number of carboxylic acids is 1. The van der Waals surface area contributed by atoms with Crippen LogP contribution in [0.5, 0.6) is 0 Å². The van der Waals surface area contributed by atoms with Gasteiger partial charge in [-0.2, -0.15) is 0 Å². The number of aromatic carboxylic acids is 1. The number of carboxylic acid groups (broad SMARTS) is 1. The van der Waals surface area contributed by atoms with Gasteiger partial charge in [0.15, 0.2) is 5.13 Å². The van der Waals surface area contributed by atoms with Gasteiger partial charge in [0.2, 0.25) is 0 Å². The number of rotatable bonds is 3. The minimum Gasteiger partial charge on any atom is -0.477 e. The van der Waals surface area contributed by atoms with Crippen molar-refractivity contribution in [2.24, 2.45) is 0 Å². The molecule has 1 aliphatic heterocycles. The van der Waals surface area contributed by atoms with Crippen molar-refractivity contribution in [2.75, 3.05) is 36.0 Å². The Hall–Kier alpha value is -2.08. The highest BCUT2D eigenvalue weighted by Crippen LogP contribution is 2.24. The van der Waals surface area contributed by atoms with Crippen LogP contribution in [-0.4, -0.2) is 42.2 Å². The van der Waals surface area contributed by atoms with Gasteiger partial charge in [0.25, 0.3) is 0 Å². The molecule has 0 unspecified atom stereocenters. The third-order valence-electron chi connectivity index (χ3n) is 3.38. The molecular weight excluding hydrogens is 274 g/mol. The summed E-state index contributed by atoms with van der Waals surface area (Å²) in [6.45, 7) is 3.57. The Bertz CT molecular complexity index is 591. The van der Waals surface area contributed by atoms with Gasteiger partial charge in [-0.15, -0.1) is 0 Å². The Morgan fingerprint density at radius 2 is 1.75 bits per heavy atom. The van der Waals surface area contributed by atoms with Crippen molar-refractivity contribution < 1.29 is 9.90 Å². The van der Waals surface area contributed by atoms with Gasteiger partial charge in [-0.1, -0.05) is 29.5 Å². The van der Waals surface area contributed by atoms with Crippen LogP contribution in [0.15, 0.2) is 36.5 Å². The molecular formula is C14H15N3O2S. The van der Waals surface area contributed by atoms with Crippen LogP contribution in [0.4, 0.5) is 10.8 Å². The van der Waals surface area contributed by atoms with Crippen LogP contribution in [-0.2, 0) is 0 Å². The third kappa shape index (κ3) is 2.60. The molecule has 0 amide bonds. The fourth-order valence-electron chi connectivity index (χ4n) is 2.30. The summed E-state index contributed by atoms with van der Waals surface area (Å²) in [5.74, 6) is -0.906. The van der Waals surface area contributed by atoms with E-state index in [4.69, 9.17) is 5.11 Å². The summed E-state index contributed by atoms with van der Waals surface area (Å²) in [6.07, 6.45) is 1.44. The molecule has 2 aromatic rings. The molecule has 0 spiro atoms. The second-order valence-electron chi connectivity index (χ2n) is 4.62. The van der Waals surface area contributed by atoms with Crippen LogP contribution >= 0.6 is 11.3 Å². The molecule has 5 nitrogen and oxygen atoms in total. The molecule has 1 aliphatic rings. The zero-order valence-electron chi connectivity index (χ0n) is 10.9. The lowest BCUT2D eigenvalue weighted by Gasteiger charge is -2.35. The van der Waals surface area contributed by atoms with Crippen molar-refractivity contribution in [3.63, 3.8) is 0 Å². The number of benzene rings is 1. The van der Waals surface area contributed by atoms with Crippen molar-refractivity contribution in [1.82, 2.24) is 4.98 Å². The topological polar surface area (TPSA) is 56.7 Å². The van der Waals surface area contributed by atoms with E-state index in [2.05, 4.69) is 26.9 Å². The van der Waals surface area contributed by atoms with Crippen molar-refractivity contribution in [2.45, 2.75) is 0 Å². The number of carbonyl (C=O) groups is 1. The van der Waals surface area contributed by atoms with E-state index in [0.717, 1.165) is 31.3 Å². The molecule has 0 aliphatic carbocycles.